The van der Waals surface area contributed by atoms with Crippen molar-refractivity contribution in [3.8, 4) is 0 Å². The zero-order valence-electron chi connectivity index (χ0n) is 12.6. The minimum absolute atomic E-state index is 0. The number of guanidine groups is 1. The van der Waals surface area contributed by atoms with Crippen molar-refractivity contribution in [2.24, 2.45) is 10.7 Å². The summed E-state index contributed by atoms with van der Waals surface area (Å²) in [5, 5.41) is 3.19. The first-order valence-corrected chi connectivity index (χ1v) is 6.85. The Bertz CT molecular complexity index is 278. The van der Waals surface area contributed by atoms with Crippen molar-refractivity contribution in [3.63, 3.8) is 0 Å². The van der Waals surface area contributed by atoms with Gasteiger partial charge in [0, 0.05) is 24.7 Å². The van der Waals surface area contributed by atoms with Gasteiger partial charge in [-0.05, 0) is 27.2 Å². The van der Waals surface area contributed by atoms with E-state index in [0.29, 0.717) is 18.5 Å². The summed E-state index contributed by atoms with van der Waals surface area (Å²) in [6.07, 6.45) is 1.04. The van der Waals surface area contributed by atoms with Gasteiger partial charge in [-0.3, -0.25) is 9.89 Å². The molecule has 1 aliphatic heterocycles. The van der Waals surface area contributed by atoms with Crippen LogP contribution in [-0.2, 0) is 4.74 Å². The Balaban J connectivity index is 0.00000324. The van der Waals surface area contributed by atoms with E-state index in [4.69, 9.17) is 10.5 Å². The molecule has 0 aliphatic carbocycles. The largest absolute Gasteiger partial charge is 0.379 e. The summed E-state index contributed by atoms with van der Waals surface area (Å²) in [7, 11) is 0. The maximum atomic E-state index is 5.88. The molecule has 0 aromatic carbocycles. The van der Waals surface area contributed by atoms with E-state index in [1.54, 1.807) is 0 Å². The van der Waals surface area contributed by atoms with E-state index in [9.17, 15) is 0 Å². The van der Waals surface area contributed by atoms with Crippen LogP contribution in [0.15, 0.2) is 4.99 Å². The Hall–Kier alpha value is -0.330. The normalized spacial score (nSPS) is 19.7. The zero-order chi connectivity index (χ0) is 13.6. The molecule has 1 unspecified atom stereocenters. The first-order chi connectivity index (χ1) is 8.45. The van der Waals surface area contributed by atoms with Gasteiger partial charge >= 0.3 is 0 Å². The minimum atomic E-state index is 0. The van der Waals surface area contributed by atoms with E-state index < -0.39 is 0 Å². The van der Waals surface area contributed by atoms with Crippen LogP contribution in [0, 0.1) is 0 Å². The Kier molecular flexibility index (Phi) is 8.61. The number of ether oxygens (including phenoxy) is 1. The van der Waals surface area contributed by atoms with Gasteiger partial charge < -0.3 is 15.8 Å². The highest BCUT2D eigenvalue weighted by Gasteiger charge is 2.27. The molecule has 1 heterocycles. The molecule has 0 aromatic rings. The minimum Gasteiger partial charge on any atom is -0.379 e. The highest BCUT2D eigenvalue weighted by Crippen LogP contribution is 2.16. The molecule has 0 bridgehead atoms. The molecule has 0 amide bonds. The van der Waals surface area contributed by atoms with E-state index in [0.717, 1.165) is 32.7 Å². The summed E-state index contributed by atoms with van der Waals surface area (Å²) in [5.74, 6) is 0.547. The summed E-state index contributed by atoms with van der Waals surface area (Å²) in [6.45, 7) is 12.9. The predicted molar refractivity (Wildman–Crippen MR) is 86.2 cm³/mol. The number of rotatable bonds is 5. The fourth-order valence-electron chi connectivity index (χ4n) is 1.95. The van der Waals surface area contributed by atoms with Crippen molar-refractivity contribution in [1.29, 1.82) is 0 Å². The van der Waals surface area contributed by atoms with Gasteiger partial charge in [-0.15, -0.1) is 17.0 Å². The van der Waals surface area contributed by atoms with Crippen LogP contribution in [-0.4, -0.2) is 55.3 Å². The predicted octanol–water partition coefficient (Wildman–Crippen LogP) is 1.38. The second kappa shape index (κ2) is 8.76. The number of nitrogens with one attached hydrogen (secondary N) is 1. The average molecular weight is 337 g/mol. The van der Waals surface area contributed by atoms with Crippen molar-refractivity contribution in [2.45, 2.75) is 45.7 Å². The number of hydrogen-bond donors (Lipinski definition) is 2. The van der Waals surface area contributed by atoms with Gasteiger partial charge in [0.15, 0.2) is 5.96 Å². The molecule has 5 nitrogen and oxygen atoms in total. The Labute approximate surface area is 127 Å². The number of nitrogens with two attached hydrogens (primary N) is 1. The van der Waals surface area contributed by atoms with Gasteiger partial charge in [-0.2, -0.15) is 0 Å². The standard InChI is InChI=1S/C13H28N4O.BrH/c1-5-11(2)16-12(14)15-10-13(3,4)17-6-8-18-9-7-17;/h11H,5-10H2,1-4H3,(H3,14,15,16);1H. The molecule has 0 spiro atoms. The molecule has 0 radical (unpaired) electrons. The van der Waals surface area contributed by atoms with Gasteiger partial charge in [-0.25, -0.2) is 0 Å². The maximum Gasteiger partial charge on any atom is 0.188 e. The van der Waals surface area contributed by atoms with Crippen LogP contribution < -0.4 is 11.1 Å². The fraction of sp³-hybridized carbons (Fsp3) is 0.923. The molecular weight excluding hydrogens is 308 g/mol. The molecular formula is C13H29BrN4O. The molecule has 114 valence electrons. The highest BCUT2D eigenvalue weighted by molar-refractivity contribution is 8.93. The lowest BCUT2D eigenvalue weighted by atomic mass is 10.0. The number of hydrogen-bond acceptors (Lipinski definition) is 3. The molecule has 3 N–H and O–H groups in total. The third-order valence-electron chi connectivity index (χ3n) is 3.51. The van der Waals surface area contributed by atoms with Gasteiger partial charge in [0.1, 0.15) is 0 Å². The lowest BCUT2D eigenvalue weighted by Gasteiger charge is -2.39. The molecule has 1 rings (SSSR count). The summed E-state index contributed by atoms with van der Waals surface area (Å²) in [4.78, 5) is 6.87. The van der Waals surface area contributed by atoms with Crippen LogP contribution in [0.4, 0.5) is 0 Å². The third kappa shape index (κ3) is 6.58. The second-order valence-electron chi connectivity index (χ2n) is 5.57. The van der Waals surface area contributed by atoms with Crippen LogP contribution in [0.5, 0.6) is 0 Å². The van der Waals surface area contributed by atoms with Gasteiger partial charge in [-0.1, -0.05) is 6.92 Å². The average Bonchev–Trinajstić information content (AvgIpc) is 2.37. The van der Waals surface area contributed by atoms with Crippen molar-refractivity contribution >= 4 is 22.9 Å². The SMILES string of the molecule is Br.CCC(C)NC(N)=NCC(C)(C)N1CCOCC1. The van der Waals surface area contributed by atoms with E-state index >= 15 is 0 Å². The van der Waals surface area contributed by atoms with E-state index in [-0.39, 0.29) is 22.5 Å². The van der Waals surface area contributed by atoms with Crippen molar-refractivity contribution in [2.75, 3.05) is 32.8 Å². The van der Waals surface area contributed by atoms with E-state index in [2.05, 4.69) is 42.9 Å². The third-order valence-corrected chi connectivity index (χ3v) is 3.51. The van der Waals surface area contributed by atoms with E-state index in [1.807, 2.05) is 0 Å². The van der Waals surface area contributed by atoms with Crippen molar-refractivity contribution in [1.82, 2.24) is 10.2 Å². The number of nitrogens with zero attached hydrogens (tertiary/aromatic N) is 2. The van der Waals surface area contributed by atoms with Gasteiger partial charge in [0.25, 0.3) is 0 Å². The Morgan fingerprint density at radius 3 is 2.53 bits per heavy atom. The van der Waals surface area contributed by atoms with Crippen LogP contribution in [0.3, 0.4) is 0 Å². The summed E-state index contributed by atoms with van der Waals surface area (Å²) in [5.41, 5.74) is 5.92. The fourth-order valence-corrected chi connectivity index (χ4v) is 1.95. The van der Waals surface area contributed by atoms with Crippen LogP contribution in [0.25, 0.3) is 0 Å². The van der Waals surface area contributed by atoms with Crippen molar-refractivity contribution in [3.05, 3.63) is 0 Å². The van der Waals surface area contributed by atoms with Gasteiger partial charge in [0.05, 0.1) is 19.8 Å². The van der Waals surface area contributed by atoms with E-state index in [1.165, 1.54) is 0 Å². The second-order valence-corrected chi connectivity index (χ2v) is 5.57. The molecule has 1 aliphatic rings. The molecule has 0 aromatic heterocycles. The maximum absolute atomic E-state index is 5.88. The van der Waals surface area contributed by atoms with Crippen LogP contribution >= 0.6 is 17.0 Å². The topological polar surface area (TPSA) is 62.9 Å². The molecule has 1 fully saturated rings. The lowest BCUT2D eigenvalue weighted by Crippen LogP contribution is -2.52. The smallest absolute Gasteiger partial charge is 0.188 e. The molecule has 0 saturated carbocycles. The first kappa shape index (κ1) is 18.7. The number of morpholine rings is 1. The van der Waals surface area contributed by atoms with Crippen molar-refractivity contribution < 1.29 is 4.74 Å². The first-order valence-electron chi connectivity index (χ1n) is 6.85. The molecule has 1 atom stereocenters. The summed E-state index contributed by atoms with van der Waals surface area (Å²) in [6, 6.07) is 0.375. The summed E-state index contributed by atoms with van der Waals surface area (Å²) >= 11 is 0. The molecule has 6 heteroatoms. The number of aliphatic imine (C=N–C) groups is 1. The number of halogens is 1. The lowest BCUT2D eigenvalue weighted by molar-refractivity contribution is -0.00682. The van der Waals surface area contributed by atoms with Crippen LogP contribution in [0.1, 0.15) is 34.1 Å². The zero-order valence-corrected chi connectivity index (χ0v) is 14.3. The Morgan fingerprint density at radius 1 is 1.42 bits per heavy atom. The van der Waals surface area contributed by atoms with Crippen LogP contribution in [0.2, 0.25) is 0 Å². The Morgan fingerprint density at radius 2 is 2.00 bits per heavy atom. The van der Waals surface area contributed by atoms with Gasteiger partial charge in [0.2, 0.25) is 0 Å². The quantitative estimate of drug-likeness (QED) is 0.588. The highest BCUT2D eigenvalue weighted by atomic mass is 79.9. The molecule has 19 heavy (non-hydrogen) atoms. The molecule has 1 saturated heterocycles. The summed E-state index contributed by atoms with van der Waals surface area (Å²) < 4.78 is 5.37. The monoisotopic (exact) mass is 336 g/mol.